The molecule has 40 heavy (non-hydrogen) atoms. The average Bonchev–Trinajstić information content (AvgIpc) is 3.39. The molecule has 1 fully saturated rings. The highest BCUT2D eigenvalue weighted by Crippen LogP contribution is 2.32. The topological polar surface area (TPSA) is 96.8 Å². The van der Waals surface area contributed by atoms with Crippen LogP contribution in [0.5, 0.6) is 0 Å². The largest absolute Gasteiger partial charge is 0.342 e. The molecule has 0 saturated carbocycles. The number of hydrogen-bond donors (Lipinski definition) is 1. The van der Waals surface area contributed by atoms with Crippen LogP contribution in [-0.4, -0.2) is 48.9 Å². The molecular formula is C30H26Cl2N6O2. The van der Waals surface area contributed by atoms with Gasteiger partial charge in [0.15, 0.2) is 11.2 Å². The highest BCUT2D eigenvalue weighted by atomic mass is 35.5. The fourth-order valence-electron chi connectivity index (χ4n) is 5.34. The van der Waals surface area contributed by atoms with Crippen molar-refractivity contribution < 1.29 is 4.79 Å². The van der Waals surface area contributed by atoms with Gasteiger partial charge >= 0.3 is 0 Å². The summed E-state index contributed by atoms with van der Waals surface area (Å²) >= 11 is 12.7. The zero-order valence-corrected chi connectivity index (χ0v) is 23.0. The van der Waals surface area contributed by atoms with Crippen LogP contribution in [0.4, 0.5) is 0 Å². The number of aromatic amines is 1. The molecule has 1 amide bonds. The average molecular weight is 573 g/mol. The SMILES string of the molecule is O=C(C(c1ccccc1)c1ccccc1)N1CCC(c2nc3c(nnn3Cc3c(Cl)cccc3Cl)c(=O)[nH]2)CC1. The highest BCUT2D eigenvalue weighted by molar-refractivity contribution is 6.36. The molecule has 1 N–H and O–H groups in total. The molecule has 1 aliphatic rings. The molecule has 0 unspecified atom stereocenters. The monoisotopic (exact) mass is 572 g/mol. The summed E-state index contributed by atoms with van der Waals surface area (Å²) in [5.41, 5.74) is 2.81. The van der Waals surface area contributed by atoms with Gasteiger partial charge in [-0.3, -0.25) is 9.59 Å². The van der Waals surface area contributed by atoms with Crippen LogP contribution in [0.15, 0.2) is 83.7 Å². The van der Waals surface area contributed by atoms with E-state index in [9.17, 15) is 9.59 Å². The van der Waals surface area contributed by atoms with Gasteiger partial charge in [-0.05, 0) is 36.1 Å². The van der Waals surface area contributed by atoms with Gasteiger partial charge in [-0.15, -0.1) is 5.10 Å². The summed E-state index contributed by atoms with van der Waals surface area (Å²) in [4.78, 5) is 36.3. The predicted octanol–water partition coefficient (Wildman–Crippen LogP) is 5.41. The lowest BCUT2D eigenvalue weighted by Crippen LogP contribution is -2.41. The van der Waals surface area contributed by atoms with E-state index < -0.39 is 0 Å². The minimum Gasteiger partial charge on any atom is -0.342 e. The predicted molar refractivity (Wildman–Crippen MR) is 155 cm³/mol. The van der Waals surface area contributed by atoms with Crippen molar-refractivity contribution in [1.29, 1.82) is 0 Å². The number of hydrogen-bond acceptors (Lipinski definition) is 5. The van der Waals surface area contributed by atoms with Gasteiger partial charge in [0.25, 0.3) is 5.56 Å². The van der Waals surface area contributed by atoms with Crippen LogP contribution in [0, 0.1) is 0 Å². The number of nitrogens with one attached hydrogen (secondary N) is 1. The molecule has 0 bridgehead atoms. The molecule has 3 heterocycles. The van der Waals surface area contributed by atoms with E-state index in [4.69, 9.17) is 28.2 Å². The number of aromatic nitrogens is 5. The van der Waals surface area contributed by atoms with Gasteiger partial charge < -0.3 is 9.88 Å². The van der Waals surface area contributed by atoms with Crippen LogP contribution in [-0.2, 0) is 11.3 Å². The summed E-state index contributed by atoms with van der Waals surface area (Å²) < 4.78 is 1.55. The second kappa shape index (κ2) is 11.2. The molecular weight excluding hydrogens is 547 g/mol. The van der Waals surface area contributed by atoms with Gasteiger partial charge in [-0.2, -0.15) is 0 Å². The molecule has 2 aromatic heterocycles. The first kappa shape index (κ1) is 26.2. The summed E-state index contributed by atoms with van der Waals surface area (Å²) in [6.45, 7) is 1.36. The second-order valence-corrected chi connectivity index (χ2v) is 10.7. The third-order valence-electron chi connectivity index (χ3n) is 7.47. The Morgan fingerprint density at radius 2 is 1.50 bits per heavy atom. The number of carbonyl (C=O) groups is 1. The Kier molecular flexibility index (Phi) is 7.36. The maximum absolute atomic E-state index is 13.8. The Balaban J connectivity index is 1.23. The third-order valence-corrected chi connectivity index (χ3v) is 8.18. The highest BCUT2D eigenvalue weighted by Gasteiger charge is 2.32. The van der Waals surface area contributed by atoms with Crippen molar-refractivity contribution in [2.45, 2.75) is 31.2 Å². The summed E-state index contributed by atoms with van der Waals surface area (Å²) in [6.07, 6.45) is 1.35. The molecule has 202 valence electrons. The molecule has 1 saturated heterocycles. The first-order chi connectivity index (χ1) is 19.5. The van der Waals surface area contributed by atoms with Crippen LogP contribution in [0.3, 0.4) is 0 Å². The quantitative estimate of drug-likeness (QED) is 0.293. The van der Waals surface area contributed by atoms with Crippen molar-refractivity contribution in [1.82, 2.24) is 29.9 Å². The zero-order chi connectivity index (χ0) is 27.6. The van der Waals surface area contributed by atoms with E-state index >= 15 is 0 Å². The zero-order valence-electron chi connectivity index (χ0n) is 21.5. The number of H-pyrrole nitrogens is 1. The number of carbonyl (C=O) groups excluding carboxylic acids is 1. The molecule has 6 rings (SSSR count). The lowest BCUT2D eigenvalue weighted by molar-refractivity contribution is -0.133. The van der Waals surface area contributed by atoms with Crippen molar-refractivity contribution in [2.75, 3.05) is 13.1 Å². The molecule has 0 aliphatic carbocycles. The molecule has 0 spiro atoms. The molecule has 1 aliphatic heterocycles. The van der Waals surface area contributed by atoms with Crippen molar-refractivity contribution in [3.63, 3.8) is 0 Å². The van der Waals surface area contributed by atoms with Crippen molar-refractivity contribution >= 4 is 40.3 Å². The van der Waals surface area contributed by atoms with Crippen LogP contribution in [0.2, 0.25) is 10.0 Å². The van der Waals surface area contributed by atoms with E-state index in [1.54, 1.807) is 22.9 Å². The van der Waals surface area contributed by atoms with E-state index in [1.807, 2.05) is 65.6 Å². The summed E-state index contributed by atoms with van der Waals surface area (Å²) in [6, 6.07) is 25.0. The Hall–Kier alpha value is -4.01. The van der Waals surface area contributed by atoms with Gasteiger partial charge in [0, 0.05) is 34.6 Å². The Bertz CT molecular complexity index is 1650. The number of piperidine rings is 1. The fraction of sp³-hybridized carbons (Fsp3) is 0.233. The Labute approximate surface area is 240 Å². The van der Waals surface area contributed by atoms with Gasteiger partial charge in [-0.25, -0.2) is 9.67 Å². The minimum absolute atomic E-state index is 0.0136. The van der Waals surface area contributed by atoms with Crippen LogP contribution in [0.25, 0.3) is 11.2 Å². The summed E-state index contributed by atoms with van der Waals surface area (Å²) in [5, 5.41) is 9.19. The Morgan fingerprint density at radius 3 is 2.10 bits per heavy atom. The van der Waals surface area contributed by atoms with Crippen LogP contribution < -0.4 is 5.56 Å². The molecule has 0 atom stereocenters. The maximum atomic E-state index is 13.8. The van der Waals surface area contributed by atoms with E-state index in [2.05, 4.69) is 15.3 Å². The summed E-state index contributed by atoms with van der Waals surface area (Å²) in [7, 11) is 0. The standard InChI is InChI=1S/C30H26Cl2N6O2/c31-23-12-7-13-24(32)22(23)18-38-28-26(35-36-38)29(39)34-27(33-28)21-14-16-37(17-15-21)30(40)25(19-8-3-1-4-9-19)20-10-5-2-6-11-20/h1-13,21,25H,14-18H2,(H,33,34,39). The Morgan fingerprint density at radius 1 is 0.900 bits per heavy atom. The van der Waals surface area contributed by atoms with Crippen molar-refractivity contribution in [3.8, 4) is 0 Å². The lowest BCUT2D eigenvalue weighted by atomic mass is 9.88. The maximum Gasteiger partial charge on any atom is 0.281 e. The number of nitrogens with zero attached hydrogens (tertiary/aromatic N) is 5. The first-order valence-corrected chi connectivity index (χ1v) is 13.9. The molecule has 8 nitrogen and oxygen atoms in total. The van der Waals surface area contributed by atoms with E-state index in [-0.39, 0.29) is 35.4 Å². The second-order valence-electron chi connectivity index (χ2n) is 9.92. The molecule has 5 aromatic rings. The van der Waals surface area contributed by atoms with E-state index in [0.29, 0.717) is 53.0 Å². The number of likely N-dealkylation sites (tertiary alicyclic amines) is 1. The number of fused-ring (bicyclic) bond motifs is 1. The van der Waals surface area contributed by atoms with Crippen molar-refractivity contribution in [3.05, 3.63) is 122 Å². The number of halogens is 2. The van der Waals surface area contributed by atoms with Crippen LogP contribution >= 0.6 is 23.2 Å². The number of amides is 1. The molecule has 3 aromatic carbocycles. The third kappa shape index (κ3) is 5.12. The number of rotatable bonds is 6. The smallest absolute Gasteiger partial charge is 0.281 e. The van der Waals surface area contributed by atoms with Gasteiger partial charge in [0.2, 0.25) is 5.91 Å². The van der Waals surface area contributed by atoms with Crippen molar-refractivity contribution in [2.24, 2.45) is 0 Å². The fourth-order valence-corrected chi connectivity index (χ4v) is 5.86. The molecule has 10 heteroatoms. The summed E-state index contributed by atoms with van der Waals surface area (Å²) in [5.74, 6) is 0.262. The first-order valence-electron chi connectivity index (χ1n) is 13.1. The van der Waals surface area contributed by atoms with Gasteiger partial charge in [0.1, 0.15) is 5.82 Å². The lowest BCUT2D eigenvalue weighted by Gasteiger charge is -2.34. The van der Waals surface area contributed by atoms with E-state index in [0.717, 1.165) is 11.1 Å². The normalized spacial score (nSPS) is 14.2. The van der Waals surface area contributed by atoms with Gasteiger partial charge in [-0.1, -0.05) is 95.1 Å². The number of benzene rings is 3. The van der Waals surface area contributed by atoms with E-state index in [1.165, 1.54) is 0 Å². The molecule has 0 radical (unpaired) electrons. The van der Waals surface area contributed by atoms with Crippen LogP contribution in [0.1, 0.15) is 47.2 Å². The minimum atomic E-state index is -0.370. The van der Waals surface area contributed by atoms with Gasteiger partial charge in [0.05, 0.1) is 12.5 Å².